The first-order valence-corrected chi connectivity index (χ1v) is 12.6. The number of alkyl halides is 2. The molecular weight excluding hydrogens is 488 g/mol. The Morgan fingerprint density at radius 1 is 1.11 bits per heavy atom. The summed E-state index contributed by atoms with van der Waals surface area (Å²) in [7, 11) is 0. The van der Waals surface area contributed by atoms with Gasteiger partial charge in [0.25, 0.3) is 0 Å². The van der Waals surface area contributed by atoms with Crippen molar-refractivity contribution in [2.75, 3.05) is 0 Å². The molecule has 6 heteroatoms. The Labute approximate surface area is 185 Å². The minimum atomic E-state index is -0.696. The number of aliphatic hydroxyl groups excluding tert-OH is 1. The summed E-state index contributed by atoms with van der Waals surface area (Å²) in [5.41, 5.74) is -0.801. The van der Waals surface area contributed by atoms with Crippen LogP contribution in [0.3, 0.4) is 0 Å². The normalized spacial score (nSPS) is 52.3. The molecule has 3 saturated carbocycles. The summed E-state index contributed by atoms with van der Waals surface area (Å²) in [5, 5.41) is 10.9. The van der Waals surface area contributed by atoms with Crippen LogP contribution in [0.2, 0.25) is 0 Å². The molecule has 1 unspecified atom stereocenters. The maximum Gasteiger partial charge on any atom is 0.303 e. The van der Waals surface area contributed by atoms with Crippen molar-refractivity contribution in [1.82, 2.24) is 0 Å². The number of aliphatic hydroxyl groups is 1. The molecule has 4 aliphatic rings. The Balaban J connectivity index is 1.64. The minimum absolute atomic E-state index is 0.0768. The molecule has 0 aromatic heterocycles. The van der Waals surface area contributed by atoms with Gasteiger partial charge < -0.3 is 14.6 Å². The van der Waals surface area contributed by atoms with Gasteiger partial charge in [0, 0.05) is 27.9 Å². The Kier molecular flexibility index (Phi) is 5.34. The van der Waals surface area contributed by atoms with Crippen molar-refractivity contribution in [3.63, 3.8) is 0 Å². The lowest BCUT2D eigenvalue weighted by Crippen LogP contribution is -2.52. The van der Waals surface area contributed by atoms with Gasteiger partial charge in [-0.25, -0.2) is 0 Å². The van der Waals surface area contributed by atoms with Crippen molar-refractivity contribution >= 4 is 37.8 Å². The maximum atomic E-state index is 12.1. The first-order chi connectivity index (χ1) is 12.9. The number of carbonyl (C=O) groups excluding carboxylic acids is 1. The van der Waals surface area contributed by atoms with Crippen molar-refractivity contribution in [3.8, 4) is 0 Å². The van der Waals surface area contributed by atoms with Crippen LogP contribution < -0.4 is 0 Å². The number of esters is 1. The van der Waals surface area contributed by atoms with Crippen LogP contribution in [-0.2, 0) is 14.3 Å². The van der Waals surface area contributed by atoms with Gasteiger partial charge in [-0.1, -0.05) is 45.7 Å². The highest BCUT2D eigenvalue weighted by molar-refractivity contribution is 9.09. The fraction of sp³-hybridized carbons (Fsp3) is 0.955. The number of rotatable bonds is 3. The molecule has 0 spiro atoms. The molecule has 28 heavy (non-hydrogen) atoms. The van der Waals surface area contributed by atoms with Crippen molar-refractivity contribution < 1.29 is 19.4 Å². The summed E-state index contributed by atoms with van der Waals surface area (Å²) in [5.74, 6) is 0.541. The summed E-state index contributed by atoms with van der Waals surface area (Å²) in [6.45, 7) is 8.27. The van der Waals surface area contributed by atoms with E-state index in [-0.39, 0.29) is 22.4 Å². The Morgan fingerprint density at radius 3 is 2.43 bits per heavy atom. The predicted molar refractivity (Wildman–Crippen MR) is 116 cm³/mol. The molecule has 0 aromatic rings. The fourth-order valence-corrected chi connectivity index (χ4v) is 8.86. The summed E-state index contributed by atoms with van der Waals surface area (Å²) in [4.78, 5) is 12.8. The Morgan fingerprint density at radius 2 is 1.79 bits per heavy atom. The molecule has 3 aliphatic carbocycles. The molecular formula is C22H34Br2O4. The Bertz CT molecular complexity index is 654. The summed E-state index contributed by atoms with van der Waals surface area (Å²) < 4.78 is 12.3. The van der Waals surface area contributed by atoms with Gasteiger partial charge in [-0.3, -0.25) is 4.79 Å². The molecule has 4 nitrogen and oxygen atoms in total. The van der Waals surface area contributed by atoms with Gasteiger partial charge in [-0.2, -0.15) is 0 Å². The summed E-state index contributed by atoms with van der Waals surface area (Å²) in [6, 6.07) is 0. The van der Waals surface area contributed by atoms with Gasteiger partial charge in [0.15, 0.2) is 6.29 Å². The van der Waals surface area contributed by atoms with Crippen LogP contribution in [0.5, 0.6) is 0 Å². The fourth-order valence-electron chi connectivity index (χ4n) is 7.50. The largest absolute Gasteiger partial charge is 0.459 e. The molecule has 0 radical (unpaired) electrons. The van der Waals surface area contributed by atoms with Crippen molar-refractivity contribution in [3.05, 3.63) is 0 Å². The topological polar surface area (TPSA) is 55.8 Å². The van der Waals surface area contributed by atoms with Gasteiger partial charge in [0.2, 0.25) is 0 Å². The minimum Gasteiger partial charge on any atom is -0.459 e. The zero-order valence-corrected chi connectivity index (χ0v) is 20.6. The number of ether oxygens (including phenoxy) is 2. The van der Waals surface area contributed by atoms with E-state index in [1.807, 2.05) is 0 Å². The monoisotopic (exact) mass is 520 g/mol. The molecule has 1 aliphatic heterocycles. The third kappa shape index (κ3) is 3.15. The lowest BCUT2D eigenvalue weighted by molar-refractivity contribution is -0.170. The lowest BCUT2D eigenvalue weighted by atomic mass is 9.59. The van der Waals surface area contributed by atoms with Crippen LogP contribution >= 0.6 is 31.9 Å². The van der Waals surface area contributed by atoms with Gasteiger partial charge in [0.1, 0.15) is 5.60 Å². The summed E-state index contributed by atoms with van der Waals surface area (Å²) >= 11 is 7.75. The second kappa shape index (κ2) is 6.93. The van der Waals surface area contributed by atoms with Crippen molar-refractivity contribution in [2.24, 2.45) is 22.7 Å². The highest BCUT2D eigenvalue weighted by atomic mass is 79.9. The molecule has 0 aromatic carbocycles. The van der Waals surface area contributed by atoms with E-state index in [0.29, 0.717) is 21.5 Å². The SMILES string of the molecule is CC(=O)O[C@]1(C[C@@H]2CC[C@]34C(O)O[C@](C)(CC[C@@H]3Br)[C@@H]24)CC[C@H](Br)C(C)(C)C1. The van der Waals surface area contributed by atoms with E-state index in [1.54, 1.807) is 0 Å². The smallest absolute Gasteiger partial charge is 0.303 e. The van der Waals surface area contributed by atoms with E-state index in [0.717, 1.165) is 51.4 Å². The van der Waals surface area contributed by atoms with Crippen LogP contribution in [0.4, 0.5) is 0 Å². The number of hydrogen-bond acceptors (Lipinski definition) is 4. The highest BCUT2D eigenvalue weighted by Crippen LogP contribution is 2.69. The Hall–Kier alpha value is 0.350. The van der Waals surface area contributed by atoms with Crippen LogP contribution in [0.25, 0.3) is 0 Å². The number of hydrogen-bond donors (Lipinski definition) is 1. The molecule has 4 rings (SSSR count). The molecule has 1 heterocycles. The molecule has 1 saturated heterocycles. The molecule has 0 amide bonds. The quantitative estimate of drug-likeness (QED) is 0.403. The third-order valence-electron chi connectivity index (χ3n) is 8.45. The highest BCUT2D eigenvalue weighted by Gasteiger charge is 2.71. The van der Waals surface area contributed by atoms with E-state index in [1.165, 1.54) is 6.92 Å². The number of carbonyl (C=O) groups is 1. The van der Waals surface area contributed by atoms with Gasteiger partial charge in [-0.15, -0.1) is 0 Å². The first kappa shape index (κ1) is 21.6. The predicted octanol–water partition coefficient (Wildman–Crippen LogP) is 5.33. The van der Waals surface area contributed by atoms with Crippen molar-refractivity contribution in [1.29, 1.82) is 0 Å². The maximum absolute atomic E-state index is 12.1. The standard InChI is InChI=1S/C22H34Br2O4/c1-13(25)27-21(9-7-15(23)19(2,3)12-21)11-14-5-10-22-16(24)6-8-20(4,17(14)22)28-18(22)26/h14-18,26H,5-12H2,1-4H3/t14-,15-,16-,17+,18?,20+,21-,22-/m0/s1. The van der Waals surface area contributed by atoms with E-state index in [2.05, 4.69) is 52.6 Å². The van der Waals surface area contributed by atoms with Crippen LogP contribution in [0, 0.1) is 22.7 Å². The summed E-state index contributed by atoms with van der Waals surface area (Å²) in [6.07, 6.45) is 7.05. The van der Waals surface area contributed by atoms with E-state index < -0.39 is 11.9 Å². The molecule has 4 fully saturated rings. The molecule has 2 bridgehead atoms. The molecule has 1 N–H and O–H groups in total. The van der Waals surface area contributed by atoms with Gasteiger partial charge in [-0.05, 0) is 69.6 Å². The van der Waals surface area contributed by atoms with E-state index in [4.69, 9.17) is 9.47 Å². The average Bonchev–Trinajstić information content (AvgIpc) is 3.03. The van der Waals surface area contributed by atoms with E-state index in [9.17, 15) is 9.90 Å². The number of halogens is 2. The molecule has 160 valence electrons. The third-order valence-corrected chi connectivity index (χ3v) is 11.5. The molecule has 8 atom stereocenters. The van der Waals surface area contributed by atoms with E-state index >= 15 is 0 Å². The van der Waals surface area contributed by atoms with Crippen molar-refractivity contribution in [2.45, 2.75) is 106 Å². The van der Waals surface area contributed by atoms with Gasteiger partial charge in [0.05, 0.1) is 5.60 Å². The van der Waals surface area contributed by atoms with Crippen LogP contribution in [0.15, 0.2) is 0 Å². The zero-order valence-electron chi connectivity index (χ0n) is 17.5. The van der Waals surface area contributed by atoms with Crippen LogP contribution in [-0.4, -0.2) is 38.2 Å². The van der Waals surface area contributed by atoms with Crippen LogP contribution in [0.1, 0.15) is 79.1 Å². The first-order valence-electron chi connectivity index (χ1n) is 10.8. The average molecular weight is 522 g/mol. The second-order valence-corrected chi connectivity index (χ2v) is 13.0. The van der Waals surface area contributed by atoms with Gasteiger partial charge >= 0.3 is 5.97 Å². The zero-order chi connectivity index (χ0) is 20.5. The second-order valence-electron chi connectivity index (χ2n) is 10.8. The lowest BCUT2D eigenvalue weighted by Gasteiger charge is -2.50.